The Balaban J connectivity index is 1.57. The predicted molar refractivity (Wildman–Crippen MR) is 137 cm³/mol. The predicted octanol–water partition coefficient (Wildman–Crippen LogP) is 3.53. The monoisotopic (exact) mass is 496 g/mol. The van der Waals surface area contributed by atoms with E-state index in [2.05, 4.69) is 20.1 Å². The molecule has 0 atom stereocenters. The first-order valence-electron chi connectivity index (χ1n) is 10.9. The van der Waals surface area contributed by atoms with Gasteiger partial charge in [-0.15, -0.1) is 0 Å². The van der Waals surface area contributed by atoms with Crippen LogP contribution in [0.5, 0.6) is 0 Å². The normalized spacial score (nSPS) is 12.4. The summed E-state index contributed by atoms with van der Waals surface area (Å²) in [6, 6.07) is 23.7. The summed E-state index contributed by atoms with van der Waals surface area (Å²) in [6.45, 7) is 0. The number of imidazole rings is 1. The number of allylic oxidation sites excluding steroid dienone is 1. The number of fused-ring (bicyclic) bond motifs is 1. The fourth-order valence-electron chi connectivity index (χ4n) is 3.59. The molecular formula is C26H20N6O3S. The summed E-state index contributed by atoms with van der Waals surface area (Å²) in [6.07, 6.45) is 4.23. The highest BCUT2D eigenvalue weighted by Gasteiger charge is 2.22. The summed E-state index contributed by atoms with van der Waals surface area (Å²) < 4.78 is 28.0. The van der Waals surface area contributed by atoms with Crippen LogP contribution in [-0.4, -0.2) is 33.9 Å². The highest BCUT2D eigenvalue weighted by Crippen LogP contribution is 2.23. The Kier molecular flexibility index (Phi) is 6.01. The molecule has 0 bridgehead atoms. The van der Waals surface area contributed by atoms with Gasteiger partial charge in [0, 0.05) is 12.3 Å². The van der Waals surface area contributed by atoms with Crippen molar-refractivity contribution >= 4 is 32.3 Å². The minimum absolute atomic E-state index is 0.0288. The maximum absolute atomic E-state index is 13.3. The summed E-state index contributed by atoms with van der Waals surface area (Å²) in [5.41, 5.74) is 7.81. The van der Waals surface area contributed by atoms with Gasteiger partial charge in [0.1, 0.15) is 0 Å². The molecule has 9 nitrogen and oxygen atoms in total. The summed E-state index contributed by atoms with van der Waals surface area (Å²) in [5, 5.41) is 4.28. The van der Waals surface area contributed by atoms with Crippen LogP contribution in [0.25, 0.3) is 16.7 Å². The van der Waals surface area contributed by atoms with Crippen molar-refractivity contribution in [2.75, 3.05) is 0 Å². The number of aliphatic imine (C=N–C) groups is 1. The molecule has 36 heavy (non-hydrogen) atoms. The third-order valence-corrected chi connectivity index (χ3v) is 6.90. The second-order valence-electron chi connectivity index (χ2n) is 7.72. The van der Waals surface area contributed by atoms with Crippen LogP contribution >= 0.6 is 0 Å². The number of nitrogens with one attached hydrogen (secondary N) is 1. The lowest BCUT2D eigenvalue weighted by molar-refractivity contribution is 0.589. The first-order chi connectivity index (χ1) is 17.5. The van der Waals surface area contributed by atoms with Crippen molar-refractivity contribution in [1.82, 2.24) is 19.7 Å². The van der Waals surface area contributed by atoms with E-state index in [9.17, 15) is 13.2 Å². The molecule has 3 aromatic carbocycles. The van der Waals surface area contributed by atoms with Gasteiger partial charge in [-0.25, -0.2) is 23.1 Å². The molecule has 0 saturated heterocycles. The highest BCUT2D eigenvalue weighted by atomic mass is 32.2. The number of nitrogens with two attached hydrogens (primary N) is 1. The van der Waals surface area contributed by atoms with Gasteiger partial charge in [-0.2, -0.15) is 5.10 Å². The molecule has 0 aliphatic rings. The van der Waals surface area contributed by atoms with Crippen LogP contribution in [0.4, 0.5) is 5.69 Å². The molecule has 2 heterocycles. The van der Waals surface area contributed by atoms with Crippen molar-refractivity contribution in [2.24, 2.45) is 10.7 Å². The number of nitrogens with zero attached hydrogens (tertiary/aromatic N) is 4. The van der Waals surface area contributed by atoms with Crippen LogP contribution in [0, 0.1) is 0 Å². The third-order valence-electron chi connectivity index (χ3n) is 5.33. The molecule has 0 aliphatic heterocycles. The molecule has 5 aromatic rings. The Morgan fingerprint density at radius 2 is 1.75 bits per heavy atom. The molecular weight excluding hydrogens is 476 g/mol. The van der Waals surface area contributed by atoms with Crippen molar-refractivity contribution < 1.29 is 8.42 Å². The Morgan fingerprint density at radius 1 is 0.972 bits per heavy atom. The molecule has 0 saturated carbocycles. The topological polar surface area (TPSA) is 136 Å². The molecule has 0 fully saturated rings. The summed E-state index contributed by atoms with van der Waals surface area (Å²) in [4.78, 5) is 24.3. The fraction of sp³-hybridized carbons (Fsp3) is 0. The molecule has 3 N–H and O–H groups in total. The first-order valence-corrected chi connectivity index (χ1v) is 12.4. The Bertz CT molecular complexity index is 1750. The molecule has 0 unspecified atom stereocenters. The van der Waals surface area contributed by atoms with Gasteiger partial charge in [0.05, 0.1) is 33.0 Å². The second-order valence-corrected chi connectivity index (χ2v) is 9.59. The quantitative estimate of drug-likeness (QED) is 0.345. The van der Waals surface area contributed by atoms with Crippen LogP contribution in [-0.2, 0) is 9.84 Å². The molecule has 5 rings (SSSR count). The fourth-order valence-corrected chi connectivity index (χ4v) is 4.81. The Labute approximate surface area is 206 Å². The minimum Gasteiger partial charge on any atom is -0.405 e. The zero-order chi connectivity index (χ0) is 25.1. The van der Waals surface area contributed by atoms with E-state index in [1.165, 1.54) is 41.4 Å². The number of benzene rings is 3. The van der Waals surface area contributed by atoms with E-state index in [4.69, 9.17) is 5.73 Å². The average molecular weight is 497 g/mol. The van der Waals surface area contributed by atoms with Crippen molar-refractivity contribution in [3.8, 4) is 5.69 Å². The highest BCUT2D eigenvalue weighted by molar-refractivity contribution is 7.91. The van der Waals surface area contributed by atoms with Gasteiger partial charge >= 0.3 is 0 Å². The molecule has 178 valence electrons. The molecule has 0 amide bonds. The van der Waals surface area contributed by atoms with E-state index in [0.29, 0.717) is 22.4 Å². The van der Waals surface area contributed by atoms with Crippen molar-refractivity contribution in [3.63, 3.8) is 0 Å². The number of rotatable bonds is 6. The number of aromatic nitrogens is 4. The van der Waals surface area contributed by atoms with Crippen LogP contribution in [0.1, 0.15) is 5.69 Å². The van der Waals surface area contributed by atoms with Gasteiger partial charge < -0.3 is 10.7 Å². The Hall–Kier alpha value is -4.83. The molecule has 2 aromatic heterocycles. The van der Waals surface area contributed by atoms with Gasteiger partial charge in [0.15, 0.2) is 5.69 Å². The number of sulfone groups is 1. The van der Waals surface area contributed by atoms with E-state index in [-0.39, 0.29) is 26.9 Å². The Morgan fingerprint density at radius 3 is 2.53 bits per heavy atom. The SMILES string of the molecule is NC=CC(=Nc1ccccc1)c1nn(-c2cccc(S(=O)(=O)c3nc4ccccc4[nH]3)c2)ccc1=O. The standard InChI is InChI=1S/C26H20N6O3S/c27-15-13-23(28-18-7-2-1-3-8-18)25-24(33)14-16-32(31-25)19-9-6-10-20(17-19)36(34,35)26-29-21-11-4-5-12-22(21)30-26/h1-17H,27H2,(H,29,30). The van der Waals surface area contributed by atoms with Crippen LogP contribution in [0.2, 0.25) is 0 Å². The van der Waals surface area contributed by atoms with E-state index >= 15 is 0 Å². The zero-order valence-corrected chi connectivity index (χ0v) is 19.6. The summed E-state index contributed by atoms with van der Waals surface area (Å²) in [5.74, 6) is 0. The number of hydrogen-bond acceptors (Lipinski definition) is 7. The van der Waals surface area contributed by atoms with E-state index in [1.807, 2.05) is 18.2 Å². The smallest absolute Gasteiger partial charge is 0.239 e. The van der Waals surface area contributed by atoms with Gasteiger partial charge in [-0.05, 0) is 54.7 Å². The lowest BCUT2D eigenvalue weighted by Crippen LogP contribution is -2.20. The van der Waals surface area contributed by atoms with Crippen molar-refractivity contribution in [1.29, 1.82) is 0 Å². The van der Waals surface area contributed by atoms with Crippen LogP contribution < -0.4 is 11.2 Å². The van der Waals surface area contributed by atoms with Crippen LogP contribution in [0.15, 0.2) is 123 Å². The van der Waals surface area contributed by atoms with E-state index in [0.717, 1.165) is 0 Å². The maximum Gasteiger partial charge on any atom is 0.239 e. The summed E-state index contributed by atoms with van der Waals surface area (Å²) in [7, 11) is -3.94. The second kappa shape index (κ2) is 9.43. The average Bonchev–Trinajstić information content (AvgIpc) is 3.35. The van der Waals surface area contributed by atoms with Gasteiger partial charge in [0.2, 0.25) is 20.4 Å². The zero-order valence-electron chi connectivity index (χ0n) is 18.8. The number of hydrogen-bond donors (Lipinski definition) is 2. The van der Waals surface area contributed by atoms with Gasteiger partial charge in [0.25, 0.3) is 0 Å². The molecule has 0 spiro atoms. The summed E-state index contributed by atoms with van der Waals surface area (Å²) >= 11 is 0. The van der Waals surface area contributed by atoms with Gasteiger partial charge in [-0.3, -0.25) is 4.79 Å². The number of para-hydroxylation sites is 3. The van der Waals surface area contributed by atoms with Crippen molar-refractivity contribution in [3.05, 3.63) is 119 Å². The first kappa shape index (κ1) is 22.9. The maximum atomic E-state index is 13.3. The lowest BCUT2D eigenvalue weighted by Gasteiger charge is -2.09. The lowest BCUT2D eigenvalue weighted by atomic mass is 10.2. The molecule has 0 aliphatic carbocycles. The van der Waals surface area contributed by atoms with Gasteiger partial charge in [-0.1, -0.05) is 36.4 Å². The number of H-pyrrole nitrogens is 1. The molecule has 10 heteroatoms. The van der Waals surface area contributed by atoms with E-state index in [1.54, 1.807) is 48.5 Å². The third kappa shape index (κ3) is 4.44. The number of aromatic amines is 1. The minimum atomic E-state index is -3.94. The largest absolute Gasteiger partial charge is 0.405 e. The van der Waals surface area contributed by atoms with E-state index < -0.39 is 9.84 Å². The molecule has 0 radical (unpaired) electrons. The van der Waals surface area contributed by atoms with Crippen molar-refractivity contribution in [2.45, 2.75) is 10.1 Å². The van der Waals surface area contributed by atoms with Crippen LogP contribution in [0.3, 0.4) is 0 Å².